The first kappa shape index (κ1) is 19.9. The molecule has 2 rings (SSSR count). The number of aliphatic hydroxyl groups excluding tert-OH is 4. The number of phenolic OH excluding ortho intramolecular Hbond substituents is 1. The predicted octanol–water partition coefficient (Wildman–Crippen LogP) is -0.460. The van der Waals surface area contributed by atoms with Gasteiger partial charge in [0, 0.05) is 6.61 Å². The minimum Gasteiger partial charge on any atom is -0.504 e. The third-order valence-electron chi connectivity index (χ3n) is 4.23. The molecule has 0 saturated carbocycles. The van der Waals surface area contributed by atoms with Crippen LogP contribution in [0.4, 0.5) is 0 Å². The Balaban J connectivity index is 1.73. The van der Waals surface area contributed by atoms with Crippen LogP contribution in [0.3, 0.4) is 0 Å². The fraction of sp³-hybridized carbons (Fsp3) is 0.647. The van der Waals surface area contributed by atoms with E-state index in [1.165, 1.54) is 7.11 Å². The van der Waals surface area contributed by atoms with Crippen LogP contribution in [0.1, 0.15) is 18.4 Å². The molecule has 5 N–H and O–H groups in total. The van der Waals surface area contributed by atoms with Crippen molar-refractivity contribution in [2.75, 3.05) is 20.3 Å². The highest BCUT2D eigenvalue weighted by Crippen LogP contribution is 2.27. The Morgan fingerprint density at radius 1 is 1.08 bits per heavy atom. The highest BCUT2D eigenvalue weighted by molar-refractivity contribution is 5.41. The van der Waals surface area contributed by atoms with Crippen molar-refractivity contribution >= 4 is 0 Å². The molecule has 0 spiro atoms. The van der Waals surface area contributed by atoms with Crippen molar-refractivity contribution in [3.8, 4) is 11.5 Å². The van der Waals surface area contributed by atoms with Crippen molar-refractivity contribution in [2.45, 2.75) is 50.0 Å². The molecule has 1 aliphatic rings. The molecule has 1 fully saturated rings. The molecular formula is C17H26O8. The number of benzene rings is 1. The number of methoxy groups -OCH3 is 1. The molecule has 1 heterocycles. The first-order valence-corrected chi connectivity index (χ1v) is 8.26. The highest BCUT2D eigenvalue weighted by Gasteiger charge is 2.43. The van der Waals surface area contributed by atoms with Crippen molar-refractivity contribution in [2.24, 2.45) is 0 Å². The summed E-state index contributed by atoms with van der Waals surface area (Å²) in [6, 6.07) is 5.17. The van der Waals surface area contributed by atoms with Gasteiger partial charge in [0.25, 0.3) is 0 Å². The van der Waals surface area contributed by atoms with Gasteiger partial charge in [-0.15, -0.1) is 0 Å². The molecule has 5 atom stereocenters. The number of ether oxygens (including phenoxy) is 3. The van der Waals surface area contributed by atoms with Gasteiger partial charge in [-0.2, -0.15) is 0 Å². The number of unbranched alkanes of at least 4 members (excludes halogenated alkanes) is 1. The van der Waals surface area contributed by atoms with Crippen LogP contribution in [0.25, 0.3) is 0 Å². The van der Waals surface area contributed by atoms with Gasteiger partial charge in [-0.05, 0) is 37.0 Å². The minimum absolute atomic E-state index is 0.0946. The molecule has 1 aromatic carbocycles. The Labute approximate surface area is 146 Å². The quantitative estimate of drug-likeness (QED) is 0.395. The molecule has 0 radical (unpaired) electrons. The summed E-state index contributed by atoms with van der Waals surface area (Å²) in [5, 5.41) is 47.9. The van der Waals surface area contributed by atoms with E-state index in [0.717, 1.165) is 18.4 Å². The van der Waals surface area contributed by atoms with Crippen LogP contribution in [0.15, 0.2) is 18.2 Å². The molecule has 5 unspecified atom stereocenters. The van der Waals surface area contributed by atoms with Crippen molar-refractivity contribution in [1.29, 1.82) is 0 Å². The second-order valence-electron chi connectivity index (χ2n) is 6.03. The molecule has 1 saturated heterocycles. The van der Waals surface area contributed by atoms with Crippen LogP contribution in [-0.2, 0) is 15.9 Å². The monoisotopic (exact) mass is 358 g/mol. The van der Waals surface area contributed by atoms with Gasteiger partial charge in [0.2, 0.25) is 0 Å². The van der Waals surface area contributed by atoms with E-state index in [4.69, 9.17) is 19.3 Å². The number of hydrogen-bond donors (Lipinski definition) is 5. The maximum atomic E-state index is 9.86. The molecule has 8 heteroatoms. The van der Waals surface area contributed by atoms with Gasteiger partial charge in [0.1, 0.15) is 24.4 Å². The molecule has 142 valence electrons. The summed E-state index contributed by atoms with van der Waals surface area (Å²) in [5.74, 6) is 0.521. The van der Waals surface area contributed by atoms with Crippen molar-refractivity contribution in [1.82, 2.24) is 0 Å². The summed E-state index contributed by atoms with van der Waals surface area (Å²) in [5.41, 5.74) is 1.02. The summed E-state index contributed by atoms with van der Waals surface area (Å²) >= 11 is 0. The standard InChI is InChI=1S/C17H26O8/c1-23-12-8-10(5-6-11(12)19)4-2-3-7-24-17-16(22)15(21)14(20)13(9-18)25-17/h5-6,8,13-22H,2-4,7,9H2,1H3. The first-order valence-electron chi connectivity index (χ1n) is 8.26. The van der Waals surface area contributed by atoms with E-state index in [0.29, 0.717) is 12.2 Å². The zero-order valence-corrected chi connectivity index (χ0v) is 14.1. The van der Waals surface area contributed by atoms with Crippen molar-refractivity contribution in [3.05, 3.63) is 23.8 Å². The molecular weight excluding hydrogens is 332 g/mol. The van der Waals surface area contributed by atoms with E-state index in [1.54, 1.807) is 12.1 Å². The lowest BCUT2D eigenvalue weighted by atomic mass is 9.99. The Morgan fingerprint density at radius 3 is 2.52 bits per heavy atom. The van der Waals surface area contributed by atoms with Crippen molar-refractivity contribution < 1.29 is 39.7 Å². The maximum Gasteiger partial charge on any atom is 0.186 e. The molecule has 0 amide bonds. The van der Waals surface area contributed by atoms with Crippen LogP contribution in [-0.4, -0.2) is 76.6 Å². The van der Waals surface area contributed by atoms with Gasteiger partial charge in [0.05, 0.1) is 13.7 Å². The van der Waals surface area contributed by atoms with Crippen LogP contribution < -0.4 is 4.74 Å². The molecule has 1 aliphatic heterocycles. The lowest BCUT2D eigenvalue weighted by molar-refractivity contribution is -0.301. The van der Waals surface area contributed by atoms with E-state index in [9.17, 15) is 20.4 Å². The Morgan fingerprint density at radius 2 is 1.84 bits per heavy atom. The molecule has 25 heavy (non-hydrogen) atoms. The van der Waals surface area contributed by atoms with Gasteiger partial charge in [0.15, 0.2) is 17.8 Å². The minimum atomic E-state index is -1.43. The Kier molecular flexibility index (Phi) is 7.42. The SMILES string of the molecule is COc1cc(CCCCOC2OC(CO)C(O)C(O)C2O)ccc1O. The largest absolute Gasteiger partial charge is 0.504 e. The number of aryl methyl sites for hydroxylation is 1. The van der Waals surface area contributed by atoms with Crippen LogP contribution >= 0.6 is 0 Å². The smallest absolute Gasteiger partial charge is 0.186 e. The van der Waals surface area contributed by atoms with E-state index in [1.807, 2.05) is 6.07 Å². The number of rotatable bonds is 8. The highest BCUT2D eigenvalue weighted by atomic mass is 16.7. The molecule has 0 aromatic heterocycles. The van der Waals surface area contributed by atoms with E-state index < -0.39 is 37.3 Å². The van der Waals surface area contributed by atoms with E-state index in [2.05, 4.69) is 0 Å². The summed E-state index contributed by atoms with van der Waals surface area (Å²) < 4.78 is 15.8. The summed E-state index contributed by atoms with van der Waals surface area (Å²) in [6.07, 6.45) is -4.01. The average molecular weight is 358 g/mol. The third-order valence-corrected chi connectivity index (χ3v) is 4.23. The topological polar surface area (TPSA) is 129 Å². The lowest BCUT2D eigenvalue weighted by Gasteiger charge is -2.39. The summed E-state index contributed by atoms with van der Waals surface area (Å²) in [4.78, 5) is 0. The Bertz CT molecular complexity index is 535. The van der Waals surface area contributed by atoms with Gasteiger partial charge >= 0.3 is 0 Å². The van der Waals surface area contributed by atoms with Gasteiger partial charge in [-0.3, -0.25) is 0 Å². The molecule has 0 bridgehead atoms. The Hall–Kier alpha value is -1.42. The molecule has 8 nitrogen and oxygen atoms in total. The number of phenols is 1. The molecule has 0 aliphatic carbocycles. The average Bonchev–Trinajstić information content (AvgIpc) is 2.62. The number of hydrogen-bond acceptors (Lipinski definition) is 8. The fourth-order valence-electron chi connectivity index (χ4n) is 2.71. The van der Waals surface area contributed by atoms with Gasteiger partial charge in [-0.1, -0.05) is 6.07 Å². The van der Waals surface area contributed by atoms with Crippen LogP contribution in [0.2, 0.25) is 0 Å². The zero-order chi connectivity index (χ0) is 18.4. The molecule has 1 aromatic rings. The predicted molar refractivity (Wildman–Crippen MR) is 87.3 cm³/mol. The van der Waals surface area contributed by atoms with Crippen LogP contribution in [0.5, 0.6) is 11.5 Å². The van der Waals surface area contributed by atoms with Crippen LogP contribution in [0, 0.1) is 0 Å². The number of aliphatic hydroxyl groups is 4. The first-order chi connectivity index (χ1) is 12.0. The fourth-order valence-corrected chi connectivity index (χ4v) is 2.71. The van der Waals surface area contributed by atoms with E-state index >= 15 is 0 Å². The van der Waals surface area contributed by atoms with Gasteiger partial charge < -0.3 is 39.7 Å². The second-order valence-corrected chi connectivity index (χ2v) is 6.03. The van der Waals surface area contributed by atoms with Gasteiger partial charge in [-0.25, -0.2) is 0 Å². The maximum absolute atomic E-state index is 9.86. The number of aromatic hydroxyl groups is 1. The summed E-state index contributed by atoms with van der Waals surface area (Å²) in [7, 11) is 1.49. The summed E-state index contributed by atoms with van der Waals surface area (Å²) in [6.45, 7) is -0.189. The van der Waals surface area contributed by atoms with E-state index in [-0.39, 0.29) is 12.4 Å². The van der Waals surface area contributed by atoms with Crippen molar-refractivity contribution in [3.63, 3.8) is 0 Å². The second kappa shape index (κ2) is 9.33. The third kappa shape index (κ3) is 5.04. The normalized spacial score (nSPS) is 29.6. The zero-order valence-electron chi connectivity index (χ0n) is 14.1. The lowest BCUT2D eigenvalue weighted by Crippen LogP contribution is -2.59.